The molecule has 1 saturated heterocycles. The standard InChI is InChI=1S/C17H21N5O3/c1-13-12-25-20-16(13)19-17(24)18-11-15(23)22-9-7-21(8-10-22)14-5-3-2-4-6-14/h2-6,12H,7-11H2,1H3,(H2,18,19,20,24). The predicted octanol–water partition coefficient (Wildman–Crippen LogP) is 1.45. The van der Waals surface area contributed by atoms with Crippen molar-refractivity contribution >= 4 is 23.4 Å². The molecule has 2 aromatic rings. The van der Waals surface area contributed by atoms with Crippen LogP contribution in [0.5, 0.6) is 0 Å². The number of carbonyl (C=O) groups is 2. The highest BCUT2D eigenvalue weighted by molar-refractivity contribution is 5.92. The third kappa shape index (κ3) is 4.28. The Morgan fingerprint density at radius 2 is 1.88 bits per heavy atom. The van der Waals surface area contributed by atoms with Gasteiger partial charge in [0.2, 0.25) is 5.91 Å². The monoisotopic (exact) mass is 343 g/mol. The van der Waals surface area contributed by atoms with E-state index in [1.807, 2.05) is 18.2 Å². The van der Waals surface area contributed by atoms with Gasteiger partial charge in [0.15, 0.2) is 5.82 Å². The van der Waals surface area contributed by atoms with Crippen LogP contribution in [-0.2, 0) is 4.79 Å². The highest BCUT2D eigenvalue weighted by Crippen LogP contribution is 2.15. The molecule has 132 valence electrons. The second-order valence-electron chi connectivity index (χ2n) is 5.86. The van der Waals surface area contributed by atoms with Crippen molar-refractivity contribution in [3.05, 3.63) is 42.2 Å². The molecule has 0 unspecified atom stereocenters. The number of para-hydroxylation sites is 1. The first-order valence-corrected chi connectivity index (χ1v) is 8.17. The van der Waals surface area contributed by atoms with Gasteiger partial charge in [0.05, 0.1) is 6.54 Å². The minimum atomic E-state index is -0.478. The van der Waals surface area contributed by atoms with Crippen LogP contribution in [0.2, 0.25) is 0 Å². The maximum absolute atomic E-state index is 12.2. The number of amides is 3. The first-order valence-electron chi connectivity index (χ1n) is 8.17. The van der Waals surface area contributed by atoms with Gasteiger partial charge >= 0.3 is 6.03 Å². The zero-order chi connectivity index (χ0) is 17.6. The molecular weight excluding hydrogens is 322 g/mol. The third-order valence-corrected chi connectivity index (χ3v) is 4.13. The Morgan fingerprint density at radius 3 is 2.52 bits per heavy atom. The van der Waals surface area contributed by atoms with Crippen molar-refractivity contribution in [2.45, 2.75) is 6.92 Å². The summed E-state index contributed by atoms with van der Waals surface area (Å²) < 4.78 is 4.74. The Labute approximate surface area is 145 Å². The van der Waals surface area contributed by atoms with E-state index in [-0.39, 0.29) is 12.5 Å². The summed E-state index contributed by atoms with van der Waals surface area (Å²) in [6.45, 7) is 4.55. The number of nitrogens with one attached hydrogen (secondary N) is 2. The highest BCUT2D eigenvalue weighted by atomic mass is 16.5. The number of carbonyl (C=O) groups excluding carboxylic acids is 2. The van der Waals surface area contributed by atoms with Crippen LogP contribution in [0, 0.1) is 6.92 Å². The summed E-state index contributed by atoms with van der Waals surface area (Å²) in [5, 5.41) is 8.76. The van der Waals surface area contributed by atoms with Gasteiger partial charge in [-0.3, -0.25) is 10.1 Å². The molecule has 0 spiro atoms. The first-order chi connectivity index (χ1) is 12.1. The maximum Gasteiger partial charge on any atom is 0.320 e. The number of hydrogen-bond acceptors (Lipinski definition) is 5. The fourth-order valence-electron chi connectivity index (χ4n) is 2.68. The third-order valence-electron chi connectivity index (χ3n) is 4.13. The van der Waals surface area contributed by atoms with Crippen LogP contribution < -0.4 is 15.5 Å². The number of piperazine rings is 1. The molecule has 1 aromatic heterocycles. The van der Waals surface area contributed by atoms with Crippen molar-refractivity contribution in [3.8, 4) is 0 Å². The summed E-state index contributed by atoms with van der Waals surface area (Å²) in [5.41, 5.74) is 1.88. The maximum atomic E-state index is 12.2. The van der Waals surface area contributed by atoms with Gasteiger partial charge in [-0.2, -0.15) is 0 Å². The quantitative estimate of drug-likeness (QED) is 0.877. The number of anilines is 2. The van der Waals surface area contributed by atoms with Gasteiger partial charge in [0.25, 0.3) is 0 Å². The molecule has 1 aliphatic heterocycles. The Balaban J connectivity index is 1.42. The summed E-state index contributed by atoms with van der Waals surface area (Å²) in [6, 6.07) is 9.65. The largest absolute Gasteiger partial charge is 0.368 e. The number of rotatable bonds is 4. The molecule has 1 aromatic carbocycles. The number of aromatic nitrogens is 1. The Hall–Kier alpha value is -3.03. The number of benzene rings is 1. The van der Waals surface area contributed by atoms with Crippen molar-refractivity contribution in [1.82, 2.24) is 15.4 Å². The van der Waals surface area contributed by atoms with E-state index in [1.54, 1.807) is 11.8 Å². The highest BCUT2D eigenvalue weighted by Gasteiger charge is 2.21. The molecule has 1 aliphatic rings. The molecule has 0 atom stereocenters. The lowest BCUT2D eigenvalue weighted by Gasteiger charge is -2.36. The van der Waals surface area contributed by atoms with Crippen molar-refractivity contribution in [2.24, 2.45) is 0 Å². The predicted molar refractivity (Wildman–Crippen MR) is 93.5 cm³/mol. The second-order valence-corrected chi connectivity index (χ2v) is 5.86. The van der Waals surface area contributed by atoms with Gasteiger partial charge < -0.3 is 19.6 Å². The van der Waals surface area contributed by atoms with E-state index >= 15 is 0 Å². The molecule has 3 amide bonds. The lowest BCUT2D eigenvalue weighted by atomic mass is 10.2. The Bertz CT molecular complexity index is 723. The molecule has 0 radical (unpaired) electrons. The van der Waals surface area contributed by atoms with Crippen LogP contribution in [-0.4, -0.2) is 54.7 Å². The lowest BCUT2D eigenvalue weighted by molar-refractivity contribution is -0.130. The van der Waals surface area contributed by atoms with Gasteiger partial charge in [0, 0.05) is 37.4 Å². The minimum Gasteiger partial charge on any atom is -0.368 e. The fraction of sp³-hybridized carbons (Fsp3) is 0.353. The number of urea groups is 1. The van der Waals surface area contributed by atoms with Crippen molar-refractivity contribution < 1.29 is 14.1 Å². The SMILES string of the molecule is Cc1conc1NC(=O)NCC(=O)N1CCN(c2ccccc2)CC1. The number of hydrogen-bond donors (Lipinski definition) is 2. The van der Waals surface area contributed by atoms with Gasteiger partial charge in [-0.15, -0.1) is 0 Å². The molecule has 8 nitrogen and oxygen atoms in total. The van der Waals surface area contributed by atoms with Gasteiger partial charge in [0.1, 0.15) is 6.26 Å². The second kappa shape index (κ2) is 7.69. The fourth-order valence-corrected chi connectivity index (χ4v) is 2.68. The summed E-state index contributed by atoms with van der Waals surface area (Å²) in [7, 11) is 0. The smallest absolute Gasteiger partial charge is 0.320 e. The van der Waals surface area contributed by atoms with Crippen molar-refractivity contribution in [3.63, 3.8) is 0 Å². The van der Waals surface area contributed by atoms with E-state index in [2.05, 4.69) is 32.8 Å². The molecule has 2 heterocycles. The summed E-state index contributed by atoms with van der Waals surface area (Å²) in [6.07, 6.45) is 1.44. The average molecular weight is 343 g/mol. The number of aryl methyl sites for hydroxylation is 1. The summed E-state index contributed by atoms with van der Waals surface area (Å²) in [5.74, 6) is 0.251. The number of nitrogens with zero attached hydrogens (tertiary/aromatic N) is 3. The van der Waals surface area contributed by atoms with Gasteiger partial charge in [-0.1, -0.05) is 23.4 Å². The summed E-state index contributed by atoms with van der Waals surface area (Å²) >= 11 is 0. The van der Waals surface area contributed by atoms with Gasteiger partial charge in [-0.05, 0) is 19.1 Å². The molecule has 0 saturated carbocycles. The molecule has 25 heavy (non-hydrogen) atoms. The topological polar surface area (TPSA) is 90.7 Å². The Morgan fingerprint density at radius 1 is 1.16 bits per heavy atom. The van der Waals surface area contributed by atoms with E-state index < -0.39 is 6.03 Å². The molecule has 8 heteroatoms. The van der Waals surface area contributed by atoms with E-state index in [9.17, 15) is 9.59 Å². The molecule has 0 aliphatic carbocycles. The van der Waals surface area contributed by atoms with E-state index in [0.717, 1.165) is 24.3 Å². The average Bonchev–Trinajstić information content (AvgIpc) is 3.05. The summed E-state index contributed by atoms with van der Waals surface area (Å²) in [4.78, 5) is 28.1. The molecule has 1 fully saturated rings. The first kappa shape index (κ1) is 16.8. The van der Waals surface area contributed by atoms with Crippen LogP contribution in [0.1, 0.15) is 5.56 Å². The molecule has 3 rings (SSSR count). The zero-order valence-corrected chi connectivity index (χ0v) is 14.1. The van der Waals surface area contributed by atoms with E-state index in [1.165, 1.54) is 6.26 Å². The normalized spacial score (nSPS) is 14.3. The molecule has 0 bridgehead atoms. The lowest BCUT2D eigenvalue weighted by Crippen LogP contribution is -2.51. The van der Waals surface area contributed by atoms with E-state index in [0.29, 0.717) is 18.9 Å². The van der Waals surface area contributed by atoms with Crippen LogP contribution in [0.25, 0.3) is 0 Å². The van der Waals surface area contributed by atoms with Gasteiger partial charge in [-0.25, -0.2) is 4.79 Å². The molecular formula is C17H21N5O3. The minimum absolute atomic E-state index is 0.0476. The van der Waals surface area contributed by atoms with Crippen molar-refractivity contribution in [2.75, 3.05) is 42.9 Å². The van der Waals surface area contributed by atoms with Crippen LogP contribution in [0.4, 0.5) is 16.3 Å². The van der Waals surface area contributed by atoms with Crippen LogP contribution in [0.3, 0.4) is 0 Å². The van der Waals surface area contributed by atoms with E-state index in [4.69, 9.17) is 4.52 Å². The molecule has 2 N–H and O–H groups in total. The zero-order valence-electron chi connectivity index (χ0n) is 14.1. The van der Waals surface area contributed by atoms with Crippen LogP contribution >= 0.6 is 0 Å². The van der Waals surface area contributed by atoms with Crippen molar-refractivity contribution in [1.29, 1.82) is 0 Å². The van der Waals surface area contributed by atoms with Crippen LogP contribution in [0.15, 0.2) is 41.1 Å². The Kier molecular flexibility index (Phi) is 5.17.